The number of rotatable bonds is 4. The lowest BCUT2D eigenvalue weighted by atomic mass is 10.1. The molecule has 0 aliphatic carbocycles. The minimum Gasteiger partial charge on any atom is -0.411 e. The molecule has 0 saturated carbocycles. The van der Waals surface area contributed by atoms with Gasteiger partial charge in [-0.05, 0) is 6.07 Å². The summed E-state index contributed by atoms with van der Waals surface area (Å²) in [5, 5.41) is 0.988. The maximum absolute atomic E-state index is 12.3. The first-order chi connectivity index (χ1) is 10.7. The molecule has 0 amide bonds. The molecule has 0 spiro atoms. The van der Waals surface area contributed by atoms with Gasteiger partial charge in [0.2, 0.25) is 0 Å². The van der Waals surface area contributed by atoms with Gasteiger partial charge in [0.1, 0.15) is 0 Å². The van der Waals surface area contributed by atoms with Crippen molar-refractivity contribution in [1.29, 1.82) is 0 Å². The van der Waals surface area contributed by atoms with Crippen LogP contribution in [0.4, 0.5) is 0 Å². The average molecular weight is 292 g/mol. The van der Waals surface area contributed by atoms with Crippen LogP contribution in [0.5, 0.6) is 0 Å². The minimum absolute atomic E-state index is 0.144. The first kappa shape index (κ1) is 14.1. The van der Waals surface area contributed by atoms with Crippen LogP contribution < -0.4 is 5.90 Å². The van der Waals surface area contributed by atoms with Crippen LogP contribution in [0.1, 0.15) is 15.9 Å². The van der Waals surface area contributed by atoms with E-state index in [2.05, 4.69) is 0 Å². The van der Waals surface area contributed by atoms with Crippen molar-refractivity contribution in [2.75, 3.05) is 0 Å². The number of benzene rings is 2. The van der Waals surface area contributed by atoms with Crippen LogP contribution in [-0.2, 0) is 11.9 Å². The zero-order valence-electron chi connectivity index (χ0n) is 12.2. The van der Waals surface area contributed by atoms with E-state index in [4.69, 9.17) is 10.7 Å². The van der Waals surface area contributed by atoms with Crippen LogP contribution in [-0.4, -0.2) is 10.4 Å². The van der Waals surface area contributed by atoms with E-state index in [1.165, 1.54) is 6.08 Å². The number of nitrogens with zero attached hydrogens (tertiary/aromatic N) is 1. The second-order valence-electron chi connectivity index (χ2n) is 5.03. The fourth-order valence-corrected chi connectivity index (χ4v) is 2.52. The molecule has 3 rings (SSSR count). The molecule has 0 aliphatic heterocycles. The fraction of sp³-hybridized carbons (Fsp3) is 0.0556. The van der Waals surface area contributed by atoms with Crippen molar-refractivity contribution in [2.45, 2.75) is 0 Å². The number of fused-ring (bicyclic) bond motifs is 1. The summed E-state index contributed by atoms with van der Waals surface area (Å²) in [5.41, 5.74) is 2.44. The predicted octanol–water partition coefficient (Wildman–Crippen LogP) is 3.29. The van der Waals surface area contributed by atoms with Crippen molar-refractivity contribution in [3.8, 4) is 0 Å². The molecular formula is C18H16N2O2. The van der Waals surface area contributed by atoms with Gasteiger partial charge in [0.05, 0.1) is 0 Å². The van der Waals surface area contributed by atoms with Gasteiger partial charge in [0.15, 0.2) is 11.5 Å². The van der Waals surface area contributed by atoms with Crippen LogP contribution >= 0.6 is 0 Å². The number of hydrogen-bond donors (Lipinski definition) is 1. The summed E-state index contributed by atoms with van der Waals surface area (Å²) in [6, 6.07) is 16.9. The van der Waals surface area contributed by atoms with E-state index in [1.54, 1.807) is 12.1 Å². The Morgan fingerprint density at radius 2 is 1.77 bits per heavy atom. The number of allylic oxidation sites excluding steroid dienone is 1. The smallest absolute Gasteiger partial charge is 0.189 e. The Morgan fingerprint density at radius 1 is 1.09 bits per heavy atom. The standard InChI is InChI=1S/C18H16N2O2/c1-20-12-15(14-9-5-6-10-16(14)20)18(22-19)11-17(21)13-7-3-2-4-8-13/h2-12H,19H2,1H3/b18-11-. The number of ketones is 1. The van der Waals surface area contributed by atoms with Crippen LogP contribution in [0.25, 0.3) is 16.7 Å². The van der Waals surface area contributed by atoms with Gasteiger partial charge in [0, 0.05) is 41.4 Å². The average Bonchev–Trinajstić information content (AvgIpc) is 2.90. The summed E-state index contributed by atoms with van der Waals surface area (Å²) in [6.45, 7) is 0. The van der Waals surface area contributed by atoms with Crippen LogP contribution in [0.3, 0.4) is 0 Å². The molecule has 0 saturated heterocycles. The minimum atomic E-state index is -0.144. The molecule has 3 aromatic rings. The molecule has 0 radical (unpaired) electrons. The van der Waals surface area contributed by atoms with Crippen molar-refractivity contribution in [3.63, 3.8) is 0 Å². The Morgan fingerprint density at radius 3 is 2.50 bits per heavy atom. The normalized spacial score (nSPS) is 11.6. The highest BCUT2D eigenvalue weighted by atomic mass is 16.6. The highest BCUT2D eigenvalue weighted by molar-refractivity contribution is 6.09. The molecule has 110 valence electrons. The molecular weight excluding hydrogens is 276 g/mol. The van der Waals surface area contributed by atoms with Gasteiger partial charge in [-0.3, -0.25) is 4.79 Å². The number of hydrogen-bond acceptors (Lipinski definition) is 3. The van der Waals surface area contributed by atoms with Gasteiger partial charge in [-0.25, -0.2) is 0 Å². The monoisotopic (exact) mass is 292 g/mol. The van der Waals surface area contributed by atoms with Gasteiger partial charge in [0.25, 0.3) is 0 Å². The predicted molar refractivity (Wildman–Crippen MR) is 86.9 cm³/mol. The first-order valence-corrected chi connectivity index (χ1v) is 6.93. The van der Waals surface area contributed by atoms with E-state index in [0.29, 0.717) is 11.3 Å². The van der Waals surface area contributed by atoms with Crippen LogP contribution in [0, 0.1) is 0 Å². The van der Waals surface area contributed by atoms with Crippen molar-refractivity contribution in [3.05, 3.63) is 78.0 Å². The summed E-state index contributed by atoms with van der Waals surface area (Å²) in [5.74, 6) is 5.61. The van der Waals surface area contributed by atoms with E-state index in [1.807, 2.05) is 60.3 Å². The number of nitrogens with two attached hydrogens (primary N) is 1. The lowest BCUT2D eigenvalue weighted by Gasteiger charge is -2.04. The number of aryl methyl sites for hydroxylation is 1. The highest BCUT2D eigenvalue weighted by Gasteiger charge is 2.13. The third-order valence-corrected chi connectivity index (χ3v) is 3.61. The quantitative estimate of drug-likeness (QED) is 0.347. The molecule has 22 heavy (non-hydrogen) atoms. The van der Waals surface area contributed by atoms with Crippen molar-refractivity contribution in [2.24, 2.45) is 12.9 Å². The molecule has 0 unspecified atom stereocenters. The SMILES string of the molecule is Cn1cc(/C(=C/C(=O)c2ccccc2)ON)c2ccccc21. The summed E-state index contributed by atoms with van der Waals surface area (Å²) < 4.78 is 1.98. The highest BCUT2D eigenvalue weighted by Crippen LogP contribution is 2.27. The van der Waals surface area contributed by atoms with E-state index in [9.17, 15) is 4.79 Å². The maximum Gasteiger partial charge on any atom is 0.189 e. The first-order valence-electron chi connectivity index (χ1n) is 6.93. The lowest BCUT2D eigenvalue weighted by Crippen LogP contribution is -2.02. The largest absolute Gasteiger partial charge is 0.411 e. The summed E-state index contributed by atoms with van der Waals surface area (Å²) in [7, 11) is 1.94. The summed E-state index contributed by atoms with van der Waals surface area (Å²) in [4.78, 5) is 17.3. The van der Waals surface area contributed by atoms with E-state index < -0.39 is 0 Å². The summed E-state index contributed by atoms with van der Waals surface area (Å²) in [6.07, 6.45) is 3.33. The molecule has 1 heterocycles. The molecule has 0 atom stereocenters. The van der Waals surface area contributed by atoms with Crippen LogP contribution in [0.15, 0.2) is 66.9 Å². The third-order valence-electron chi connectivity index (χ3n) is 3.61. The molecule has 2 aromatic carbocycles. The number of para-hydroxylation sites is 1. The Bertz CT molecular complexity index is 848. The Labute approximate surface area is 128 Å². The zero-order chi connectivity index (χ0) is 15.5. The number of carbonyl (C=O) groups is 1. The van der Waals surface area contributed by atoms with E-state index >= 15 is 0 Å². The van der Waals surface area contributed by atoms with Gasteiger partial charge in [-0.15, -0.1) is 0 Å². The molecule has 4 heteroatoms. The second kappa shape index (κ2) is 5.87. The van der Waals surface area contributed by atoms with E-state index in [-0.39, 0.29) is 5.78 Å². The molecule has 2 N–H and O–H groups in total. The number of carbonyl (C=O) groups excluding carboxylic acids is 1. The van der Waals surface area contributed by atoms with E-state index in [0.717, 1.165) is 16.5 Å². The van der Waals surface area contributed by atoms with Gasteiger partial charge >= 0.3 is 0 Å². The molecule has 0 fully saturated rings. The number of aromatic nitrogens is 1. The maximum atomic E-state index is 12.3. The van der Waals surface area contributed by atoms with Crippen molar-refractivity contribution in [1.82, 2.24) is 4.57 Å². The fourth-order valence-electron chi connectivity index (χ4n) is 2.52. The Hall–Kier alpha value is -2.85. The Kier molecular flexibility index (Phi) is 3.76. The topological polar surface area (TPSA) is 57.2 Å². The Balaban J connectivity index is 2.07. The second-order valence-corrected chi connectivity index (χ2v) is 5.03. The molecule has 4 nitrogen and oxygen atoms in total. The molecule has 0 aliphatic rings. The van der Waals surface area contributed by atoms with Gasteiger partial charge in [-0.2, -0.15) is 5.90 Å². The zero-order valence-corrected chi connectivity index (χ0v) is 12.2. The lowest BCUT2D eigenvalue weighted by molar-refractivity contribution is 0.104. The summed E-state index contributed by atoms with van der Waals surface area (Å²) >= 11 is 0. The molecule has 0 bridgehead atoms. The van der Waals surface area contributed by atoms with Crippen molar-refractivity contribution < 1.29 is 9.63 Å². The third kappa shape index (κ3) is 2.52. The van der Waals surface area contributed by atoms with Crippen molar-refractivity contribution >= 4 is 22.4 Å². The van der Waals surface area contributed by atoms with Gasteiger partial charge in [-0.1, -0.05) is 48.5 Å². The van der Waals surface area contributed by atoms with Crippen LogP contribution in [0.2, 0.25) is 0 Å². The van der Waals surface area contributed by atoms with Gasteiger partial charge < -0.3 is 9.40 Å². The molecule has 1 aromatic heterocycles.